The second-order valence-corrected chi connectivity index (χ2v) is 6.59. The van der Waals surface area contributed by atoms with E-state index in [0.717, 1.165) is 31.6 Å². The molecule has 0 amide bonds. The minimum atomic E-state index is -0.464. The van der Waals surface area contributed by atoms with Crippen molar-refractivity contribution in [3.63, 3.8) is 0 Å². The summed E-state index contributed by atoms with van der Waals surface area (Å²) in [6.45, 7) is 4.41. The lowest BCUT2D eigenvalue weighted by Gasteiger charge is -2.31. The molecule has 120 valence electrons. The first-order valence-electron chi connectivity index (χ1n) is 8.30. The zero-order valence-corrected chi connectivity index (χ0v) is 13.3. The number of hydrogen-bond acceptors (Lipinski definition) is 3. The predicted molar refractivity (Wildman–Crippen MR) is 86.1 cm³/mol. The molecule has 3 rings (SSSR count). The fraction of sp³-hybridized carbons (Fsp3) is 0.688. The van der Waals surface area contributed by atoms with Gasteiger partial charge in [0.25, 0.3) is 5.56 Å². The number of aromatic amines is 2. The Bertz CT molecular complexity index is 772. The maximum atomic E-state index is 11.9. The lowest BCUT2D eigenvalue weighted by molar-refractivity contribution is 0.259. The topological polar surface area (TPSA) is 83.5 Å². The van der Waals surface area contributed by atoms with Gasteiger partial charge in [-0.15, -0.1) is 0 Å². The van der Waals surface area contributed by atoms with Gasteiger partial charge in [0.05, 0.1) is 6.33 Å². The van der Waals surface area contributed by atoms with E-state index in [9.17, 15) is 9.59 Å². The second-order valence-electron chi connectivity index (χ2n) is 6.59. The van der Waals surface area contributed by atoms with Gasteiger partial charge in [0.2, 0.25) is 0 Å². The van der Waals surface area contributed by atoms with Crippen LogP contribution in [0.4, 0.5) is 0 Å². The van der Waals surface area contributed by atoms with Crippen LogP contribution in [0.15, 0.2) is 15.9 Å². The fourth-order valence-corrected chi connectivity index (χ4v) is 4.20. The van der Waals surface area contributed by atoms with E-state index in [-0.39, 0.29) is 5.54 Å². The summed E-state index contributed by atoms with van der Waals surface area (Å²) in [7, 11) is 0. The normalized spacial score (nSPS) is 25.1. The first-order chi connectivity index (χ1) is 10.6. The number of hydrogen-bond donors (Lipinski definition) is 2. The Labute approximate surface area is 129 Å². The van der Waals surface area contributed by atoms with Crippen LogP contribution in [0.25, 0.3) is 11.2 Å². The Morgan fingerprint density at radius 2 is 2.14 bits per heavy atom. The minimum absolute atomic E-state index is 0.0138. The van der Waals surface area contributed by atoms with Crippen LogP contribution in [-0.2, 0) is 5.54 Å². The maximum absolute atomic E-state index is 11.9. The molecule has 2 aromatic rings. The Morgan fingerprint density at radius 3 is 2.86 bits per heavy atom. The molecule has 2 aromatic heterocycles. The van der Waals surface area contributed by atoms with Gasteiger partial charge in [-0.2, -0.15) is 0 Å². The second kappa shape index (κ2) is 5.74. The summed E-state index contributed by atoms with van der Waals surface area (Å²) in [6.07, 6.45) is 9.71. The number of aromatic nitrogens is 4. The van der Waals surface area contributed by atoms with Crippen LogP contribution in [0.5, 0.6) is 0 Å². The van der Waals surface area contributed by atoms with Gasteiger partial charge in [0, 0.05) is 5.54 Å². The molecule has 6 nitrogen and oxygen atoms in total. The molecular weight excluding hydrogens is 280 g/mol. The molecule has 22 heavy (non-hydrogen) atoms. The van der Waals surface area contributed by atoms with Gasteiger partial charge in [-0.25, -0.2) is 9.78 Å². The SMILES string of the molecule is CCCC1CCC(CCC)(n2cnc3c(=O)[nH]c(=O)[nH]c32)C1. The smallest absolute Gasteiger partial charge is 0.310 e. The Hall–Kier alpha value is -1.85. The van der Waals surface area contributed by atoms with E-state index >= 15 is 0 Å². The number of nitrogens with one attached hydrogen (secondary N) is 2. The van der Waals surface area contributed by atoms with Gasteiger partial charge in [0.15, 0.2) is 5.52 Å². The number of rotatable bonds is 5. The van der Waals surface area contributed by atoms with E-state index in [4.69, 9.17) is 0 Å². The molecule has 0 spiro atoms. The lowest BCUT2D eigenvalue weighted by Crippen LogP contribution is -2.32. The molecule has 2 atom stereocenters. The minimum Gasteiger partial charge on any atom is -0.310 e. The summed E-state index contributed by atoms with van der Waals surface area (Å²) in [4.78, 5) is 32.8. The summed E-state index contributed by atoms with van der Waals surface area (Å²) in [5.41, 5.74) is 0.00898. The number of fused-ring (bicyclic) bond motifs is 1. The highest BCUT2D eigenvalue weighted by molar-refractivity contribution is 5.69. The van der Waals surface area contributed by atoms with E-state index in [2.05, 4.69) is 33.4 Å². The largest absolute Gasteiger partial charge is 0.327 e. The molecule has 1 saturated carbocycles. The Morgan fingerprint density at radius 1 is 1.32 bits per heavy atom. The van der Waals surface area contributed by atoms with E-state index in [0.29, 0.717) is 11.2 Å². The quantitative estimate of drug-likeness (QED) is 0.890. The number of imidazole rings is 1. The van der Waals surface area contributed by atoms with Crippen molar-refractivity contribution in [2.75, 3.05) is 0 Å². The van der Waals surface area contributed by atoms with Gasteiger partial charge in [-0.1, -0.05) is 33.1 Å². The molecule has 1 aliphatic carbocycles. The zero-order valence-electron chi connectivity index (χ0n) is 13.3. The molecule has 6 heteroatoms. The monoisotopic (exact) mass is 304 g/mol. The van der Waals surface area contributed by atoms with Crippen LogP contribution in [0.2, 0.25) is 0 Å². The fourth-order valence-electron chi connectivity index (χ4n) is 4.20. The molecular formula is C16H24N4O2. The van der Waals surface area contributed by atoms with Crippen LogP contribution < -0.4 is 11.2 Å². The van der Waals surface area contributed by atoms with Crippen molar-refractivity contribution in [3.8, 4) is 0 Å². The third-order valence-corrected chi connectivity index (χ3v) is 5.05. The van der Waals surface area contributed by atoms with Crippen LogP contribution in [-0.4, -0.2) is 19.5 Å². The molecule has 1 aliphatic rings. The highest BCUT2D eigenvalue weighted by atomic mass is 16.2. The molecule has 0 aromatic carbocycles. The molecule has 2 N–H and O–H groups in total. The van der Waals surface area contributed by atoms with Gasteiger partial charge in [-0.3, -0.25) is 14.8 Å². The van der Waals surface area contributed by atoms with Crippen molar-refractivity contribution < 1.29 is 0 Å². The van der Waals surface area contributed by atoms with Gasteiger partial charge in [0.1, 0.15) is 5.65 Å². The third-order valence-electron chi connectivity index (χ3n) is 5.05. The molecule has 0 aliphatic heterocycles. The zero-order chi connectivity index (χ0) is 15.7. The summed E-state index contributed by atoms with van der Waals surface area (Å²) in [5.74, 6) is 0.725. The highest BCUT2D eigenvalue weighted by Crippen LogP contribution is 2.46. The van der Waals surface area contributed by atoms with Crippen LogP contribution >= 0.6 is 0 Å². The maximum Gasteiger partial charge on any atom is 0.327 e. The third kappa shape index (κ3) is 2.40. The summed E-state index contributed by atoms with van der Waals surface area (Å²) >= 11 is 0. The number of nitrogens with zero attached hydrogens (tertiary/aromatic N) is 2. The van der Waals surface area contributed by atoms with Crippen molar-refractivity contribution in [2.45, 2.75) is 64.3 Å². The molecule has 0 saturated heterocycles. The van der Waals surface area contributed by atoms with Crippen molar-refractivity contribution in [1.82, 2.24) is 19.5 Å². The molecule has 2 heterocycles. The van der Waals surface area contributed by atoms with E-state index in [1.54, 1.807) is 6.33 Å². The van der Waals surface area contributed by atoms with Crippen LogP contribution in [0.1, 0.15) is 58.8 Å². The summed E-state index contributed by atoms with van der Waals surface area (Å²) in [5, 5.41) is 0. The van der Waals surface area contributed by atoms with Crippen LogP contribution in [0, 0.1) is 5.92 Å². The Balaban J connectivity index is 2.10. The van der Waals surface area contributed by atoms with Crippen molar-refractivity contribution in [2.24, 2.45) is 5.92 Å². The van der Waals surface area contributed by atoms with Crippen molar-refractivity contribution >= 4 is 11.2 Å². The molecule has 0 bridgehead atoms. The summed E-state index contributed by atoms with van der Waals surface area (Å²) in [6, 6.07) is 0. The molecule has 1 fully saturated rings. The van der Waals surface area contributed by atoms with Gasteiger partial charge < -0.3 is 4.57 Å². The van der Waals surface area contributed by atoms with Crippen LogP contribution in [0.3, 0.4) is 0 Å². The first-order valence-corrected chi connectivity index (χ1v) is 8.30. The summed E-state index contributed by atoms with van der Waals surface area (Å²) < 4.78 is 2.07. The average molecular weight is 304 g/mol. The Kier molecular flexibility index (Phi) is 3.93. The van der Waals surface area contributed by atoms with E-state index in [1.807, 2.05) is 0 Å². The number of H-pyrrole nitrogens is 2. The van der Waals surface area contributed by atoms with Crippen molar-refractivity contribution in [1.29, 1.82) is 0 Å². The van der Waals surface area contributed by atoms with Gasteiger partial charge >= 0.3 is 5.69 Å². The molecule has 2 unspecified atom stereocenters. The van der Waals surface area contributed by atoms with E-state index in [1.165, 1.54) is 19.3 Å². The first kappa shape index (κ1) is 15.1. The standard InChI is InChI=1S/C16H24N4O2/c1-3-5-11-6-8-16(9-11,7-4-2)20-10-17-12-13(20)18-15(22)19-14(12)21/h10-11H,3-9H2,1-2H3,(H2,18,19,21,22). The lowest BCUT2D eigenvalue weighted by atomic mass is 9.89. The van der Waals surface area contributed by atoms with Gasteiger partial charge in [-0.05, 0) is 31.6 Å². The van der Waals surface area contributed by atoms with E-state index < -0.39 is 11.2 Å². The molecule has 0 radical (unpaired) electrons. The average Bonchev–Trinajstić information content (AvgIpc) is 3.05. The van der Waals surface area contributed by atoms with Crippen molar-refractivity contribution in [3.05, 3.63) is 27.2 Å². The highest BCUT2D eigenvalue weighted by Gasteiger charge is 2.40. The predicted octanol–water partition coefficient (Wildman–Crippen LogP) is 2.51.